The van der Waals surface area contributed by atoms with Gasteiger partial charge < -0.3 is 15.2 Å². The van der Waals surface area contributed by atoms with Crippen molar-refractivity contribution in [3.8, 4) is 0 Å². The molecule has 6 heteroatoms. The summed E-state index contributed by atoms with van der Waals surface area (Å²) >= 11 is 0. The van der Waals surface area contributed by atoms with E-state index in [9.17, 15) is 4.79 Å². The van der Waals surface area contributed by atoms with Crippen LogP contribution in [0.3, 0.4) is 0 Å². The molecular weight excluding hydrogens is 246 g/mol. The largest absolute Gasteiger partial charge is 0.351 e. The molecule has 1 aromatic rings. The number of nitrogens with two attached hydrogens (primary N) is 1. The molecule has 104 valence electrons. The first-order chi connectivity index (χ1) is 9.17. The molecule has 0 spiro atoms. The minimum atomic E-state index is -0.719. The number of primary amides is 1. The van der Waals surface area contributed by atoms with Crippen LogP contribution in [0.2, 0.25) is 0 Å². The third-order valence-electron chi connectivity index (χ3n) is 2.52. The number of carbonyl (C=O) groups excluding carboxylic acids is 1. The number of rotatable bonds is 7. The number of hydrogen-bond acceptors (Lipinski definition) is 4. The summed E-state index contributed by atoms with van der Waals surface area (Å²) < 4.78 is 10.3. The highest BCUT2D eigenvalue weighted by atomic mass is 16.7. The molecule has 0 bridgehead atoms. The van der Waals surface area contributed by atoms with Gasteiger partial charge in [-0.2, -0.15) is 5.10 Å². The first-order valence-corrected chi connectivity index (χ1v) is 5.88. The molecule has 0 saturated carbocycles. The molecule has 0 saturated heterocycles. The minimum absolute atomic E-state index is 0.577. The molecule has 6 nitrogen and oxygen atoms in total. The Labute approximate surface area is 112 Å². The summed E-state index contributed by atoms with van der Waals surface area (Å²) in [7, 11) is 3.02. The van der Waals surface area contributed by atoms with Gasteiger partial charge in [0.2, 0.25) is 0 Å². The first-order valence-electron chi connectivity index (χ1n) is 5.88. The SMILES string of the molecule is COC(OC)C(CCc1ccccc1)=NNC(N)=O. The molecule has 0 aromatic heterocycles. The van der Waals surface area contributed by atoms with Gasteiger partial charge >= 0.3 is 6.03 Å². The number of amides is 2. The van der Waals surface area contributed by atoms with Crippen molar-refractivity contribution >= 4 is 11.7 Å². The number of carbonyl (C=O) groups is 1. The van der Waals surface area contributed by atoms with E-state index >= 15 is 0 Å². The number of methoxy groups -OCH3 is 2. The number of urea groups is 1. The number of hydrazone groups is 1. The Morgan fingerprint density at radius 2 is 1.95 bits per heavy atom. The number of ether oxygens (including phenoxy) is 2. The minimum Gasteiger partial charge on any atom is -0.351 e. The maximum atomic E-state index is 10.7. The fourth-order valence-electron chi connectivity index (χ4n) is 1.64. The van der Waals surface area contributed by atoms with Crippen LogP contribution in [-0.2, 0) is 15.9 Å². The van der Waals surface area contributed by atoms with Crippen LogP contribution in [0.4, 0.5) is 4.79 Å². The lowest BCUT2D eigenvalue weighted by Gasteiger charge is -2.16. The van der Waals surface area contributed by atoms with E-state index in [4.69, 9.17) is 15.2 Å². The molecule has 2 amide bonds. The summed E-state index contributed by atoms with van der Waals surface area (Å²) in [5.74, 6) is 0. The van der Waals surface area contributed by atoms with E-state index in [0.29, 0.717) is 12.1 Å². The van der Waals surface area contributed by atoms with E-state index < -0.39 is 12.3 Å². The van der Waals surface area contributed by atoms with Crippen LogP contribution in [0, 0.1) is 0 Å². The topological polar surface area (TPSA) is 85.9 Å². The van der Waals surface area contributed by atoms with Crippen molar-refractivity contribution in [1.29, 1.82) is 0 Å². The lowest BCUT2D eigenvalue weighted by molar-refractivity contribution is -0.0534. The Hall–Kier alpha value is -1.92. The second-order valence-electron chi connectivity index (χ2n) is 3.87. The lowest BCUT2D eigenvalue weighted by Crippen LogP contribution is -2.31. The fraction of sp³-hybridized carbons (Fsp3) is 0.385. The zero-order valence-corrected chi connectivity index (χ0v) is 11.1. The van der Waals surface area contributed by atoms with Crippen LogP contribution in [-0.4, -0.2) is 32.3 Å². The molecule has 0 fully saturated rings. The summed E-state index contributed by atoms with van der Waals surface area (Å²) in [5, 5.41) is 3.92. The average Bonchev–Trinajstić information content (AvgIpc) is 2.43. The van der Waals surface area contributed by atoms with Crippen molar-refractivity contribution < 1.29 is 14.3 Å². The zero-order chi connectivity index (χ0) is 14.1. The molecule has 1 rings (SSSR count). The van der Waals surface area contributed by atoms with Crippen LogP contribution >= 0.6 is 0 Å². The van der Waals surface area contributed by atoms with Crippen molar-refractivity contribution in [1.82, 2.24) is 5.43 Å². The van der Waals surface area contributed by atoms with E-state index in [1.54, 1.807) is 0 Å². The van der Waals surface area contributed by atoms with Crippen LogP contribution in [0.15, 0.2) is 35.4 Å². The molecule has 0 aliphatic carbocycles. The van der Waals surface area contributed by atoms with Gasteiger partial charge in [-0.25, -0.2) is 10.2 Å². The standard InChI is InChI=1S/C13H19N3O3/c1-18-12(19-2)11(15-16-13(14)17)9-8-10-6-4-3-5-7-10/h3-7,12H,8-9H2,1-2H3,(H3,14,16,17). The average molecular weight is 265 g/mol. The Kier molecular flexibility index (Phi) is 6.56. The Balaban J connectivity index is 2.68. The Morgan fingerprint density at radius 1 is 1.32 bits per heavy atom. The van der Waals surface area contributed by atoms with Crippen molar-refractivity contribution in [2.45, 2.75) is 19.1 Å². The van der Waals surface area contributed by atoms with E-state index in [2.05, 4.69) is 10.5 Å². The van der Waals surface area contributed by atoms with E-state index in [0.717, 1.165) is 6.42 Å². The van der Waals surface area contributed by atoms with Gasteiger partial charge in [0.05, 0.1) is 5.71 Å². The monoisotopic (exact) mass is 265 g/mol. The van der Waals surface area contributed by atoms with Gasteiger partial charge in [-0.15, -0.1) is 0 Å². The second kappa shape index (κ2) is 8.23. The molecule has 1 aromatic carbocycles. The van der Waals surface area contributed by atoms with Crippen LogP contribution in [0.25, 0.3) is 0 Å². The third kappa shape index (κ3) is 5.50. The fourth-order valence-corrected chi connectivity index (χ4v) is 1.64. The summed E-state index contributed by atoms with van der Waals surface area (Å²) in [5.41, 5.74) is 8.93. The Bertz CT molecular complexity index is 416. The highest BCUT2D eigenvalue weighted by Gasteiger charge is 2.15. The maximum absolute atomic E-state index is 10.7. The summed E-state index contributed by atoms with van der Waals surface area (Å²) in [6.07, 6.45) is 0.760. The summed E-state index contributed by atoms with van der Waals surface area (Å²) in [6.45, 7) is 0. The number of benzene rings is 1. The van der Waals surface area contributed by atoms with Crippen molar-refractivity contribution in [2.24, 2.45) is 10.8 Å². The van der Waals surface area contributed by atoms with Gasteiger partial charge in [0.1, 0.15) is 0 Å². The van der Waals surface area contributed by atoms with Crippen molar-refractivity contribution in [3.63, 3.8) is 0 Å². The van der Waals surface area contributed by atoms with Gasteiger partial charge in [-0.3, -0.25) is 0 Å². The van der Waals surface area contributed by atoms with Crippen LogP contribution in [0.1, 0.15) is 12.0 Å². The van der Waals surface area contributed by atoms with Crippen LogP contribution < -0.4 is 11.2 Å². The first kappa shape index (κ1) is 15.1. The third-order valence-corrected chi connectivity index (χ3v) is 2.52. The smallest absolute Gasteiger partial charge is 0.332 e. The molecule has 3 N–H and O–H groups in total. The summed E-state index contributed by atoms with van der Waals surface area (Å²) in [4.78, 5) is 10.7. The van der Waals surface area contributed by atoms with E-state index in [1.807, 2.05) is 30.3 Å². The van der Waals surface area contributed by atoms with Gasteiger partial charge in [0, 0.05) is 14.2 Å². The Morgan fingerprint density at radius 3 is 2.47 bits per heavy atom. The highest BCUT2D eigenvalue weighted by molar-refractivity contribution is 5.88. The molecule has 0 aliphatic rings. The molecular formula is C13H19N3O3. The molecule has 0 heterocycles. The number of aryl methyl sites for hydroxylation is 1. The second-order valence-corrected chi connectivity index (χ2v) is 3.87. The maximum Gasteiger partial charge on any atom is 0.332 e. The van der Waals surface area contributed by atoms with Crippen molar-refractivity contribution in [3.05, 3.63) is 35.9 Å². The lowest BCUT2D eigenvalue weighted by atomic mass is 10.1. The number of nitrogens with zero attached hydrogens (tertiary/aromatic N) is 1. The predicted molar refractivity (Wildman–Crippen MR) is 72.7 cm³/mol. The van der Waals surface area contributed by atoms with Gasteiger partial charge in [0.15, 0.2) is 6.29 Å². The predicted octanol–water partition coefficient (Wildman–Crippen LogP) is 1.26. The quantitative estimate of drug-likeness (QED) is 0.442. The normalized spacial score (nSPS) is 11.6. The number of hydrogen-bond donors (Lipinski definition) is 2. The molecule has 0 atom stereocenters. The van der Waals surface area contributed by atoms with Gasteiger partial charge in [0.25, 0.3) is 0 Å². The molecule has 0 radical (unpaired) electrons. The summed E-state index contributed by atoms with van der Waals surface area (Å²) in [6, 6.07) is 9.22. The number of nitrogens with one attached hydrogen (secondary N) is 1. The van der Waals surface area contributed by atoms with E-state index in [-0.39, 0.29) is 0 Å². The molecule has 0 unspecified atom stereocenters. The van der Waals surface area contributed by atoms with Gasteiger partial charge in [-0.1, -0.05) is 30.3 Å². The molecule has 0 aliphatic heterocycles. The van der Waals surface area contributed by atoms with E-state index in [1.165, 1.54) is 19.8 Å². The van der Waals surface area contributed by atoms with Gasteiger partial charge in [-0.05, 0) is 18.4 Å². The molecule has 19 heavy (non-hydrogen) atoms. The highest BCUT2D eigenvalue weighted by Crippen LogP contribution is 2.07. The van der Waals surface area contributed by atoms with Crippen molar-refractivity contribution in [2.75, 3.05) is 14.2 Å². The zero-order valence-electron chi connectivity index (χ0n) is 11.1. The van der Waals surface area contributed by atoms with Crippen LogP contribution in [0.5, 0.6) is 0 Å².